The molecular weight excluding hydrogens is 380 g/mol. The Balaban J connectivity index is 1.50. The van der Waals surface area contributed by atoms with Gasteiger partial charge in [-0.2, -0.15) is 0 Å². The summed E-state index contributed by atoms with van der Waals surface area (Å²) in [5.74, 6) is 0.00886. The van der Waals surface area contributed by atoms with Crippen molar-refractivity contribution in [3.8, 4) is 0 Å². The molecule has 0 aromatic heterocycles. The summed E-state index contributed by atoms with van der Waals surface area (Å²) in [6.45, 7) is 0.338. The fourth-order valence-corrected chi connectivity index (χ4v) is 3.88. The second-order valence-corrected chi connectivity index (χ2v) is 7.56. The van der Waals surface area contributed by atoms with E-state index in [1.54, 1.807) is 0 Å². The number of nitrogens with two attached hydrogens (primary N) is 1. The van der Waals surface area contributed by atoms with Gasteiger partial charge in [-0.05, 0) is 11.1 Å². The number of carbonyl (C=O) groups is 1. The van der Waals surface area contributed by atoms with Gasteiger partial charge in [-0.15, -0.1) is 0 Å². The monoisotopic (exact) mass is 407 g/mol. The van der Waals surface area contributed by atoms with E-state index in [1.165, 1.54) is 11.1 Å². The molecule has 0 unspecified atom stereocenters. The van der Waals surface area contributed by atoms with E-state index >= 15 is 0 Å². The Morgan fingerprint density at radius 1 is 0.581 bits per heavy atom. The molecule has 0 saturated heterocycles. The van der Waals surface area contributed by atoms with Crippen molar-refractivity contribution in [3.05, 3.63) is 144 Å². The number of benzene rings is 4. The Morgan fingerprint density at radius 2 is 0.935 bits per heavy atom. The number of amides is 1. The SMILES string of the molecule is O=C(C[NH2+]C(c1ccccc1)c1ccccc1)NC(c1ccccc1)c1ccccc1. The molecule has 3 nitrogen and oxygen atoms in total. The van der Waals surface area contributed by atoms with Gasteiger partial charge < -0.3 is 10.6 Å². The highest BCUT2D eigenvalue weighted by Gasteiger charge is 2.21. The third kappa shape index (κ3) is 5.47. The first-order valence-corrected chi connectivity index (χ1v) is 10.6. The molecule has 0 spiro atoms. The van der Waals surface area contributed by atoms with Crippen LogP contribution in [0.25, 0.3) is 0 Å². The first-order valence-electron chi connectivity index (χ1n) is 10.6. The van der Waals surface area contributed by atoms with Crippen LogP contribution in [0.4, 0.5) is 0 Å². The van der Waals surface area contributed by atoms with E-state index in [1.807, 2.05) is 72.8 Å². The zero-order valence-electron chi connectivity index (χ0n) is 17.4. The quantitative estimate of drug-likeness (QED) is 0.451. The lowest BCUT2D eigenvalue weighted by Gasteiger charge is -2.21. The fourth-order valence-electron chi connectivity index (χ4n) is 3.88. The van der Waals surface area contributed by atoms with Crippen LogP contribution in [0, 0.1) is 0 Å². The molecule has 4 rings (SSSR count). The smallest absolute Gasteiger partial charge is 0.275 e. The number of nitrogens with one attached hydrogen (secondary N) is 1. The largest absolute Gasteiger partial charge is 0.340 e. The summed E-state index contributed by atoms with van der Waals surface area (Å²) in [6, 6.07) is 40.8. The Labute approximate surface area is 183 Å². The van der Waals surface area contributed by atoms with Gasteiger partial charge in [0.2, 0.25) is 0 Å². The van der Waals surface area contributed by atoms with Gasteiger partial charge in [-0.25, -0.2) is 0 Å². The summed E-state index contributed by atoms with van der Waals surface area (Å²) in [5.41, 5.74) is 4.52. The summed E-state index contributed by atoms with van der Waals surface area (Å²) in [4.78, 5) is 13.0. The molecule has 0 fully saturated rings. The molecule has 4 aromatic carbocycles. The van der Waals surface area contributed by atoms with Gasteiger partial charge in [-0.3, -0.25) is 4.79 Å². The number of hydrogen-bond acceptors (Lipinski definition) is 1. The van der Waals surface area contributed by atoms with Crippen LogP contribution in [0.3, 0.4) is 0 Å². The summed E-state index contributed by atoms with van der Waals surface area (Å²) in [7, 11) is 0. The van der Waals surface area contributed by atoms with Crippen molar-refractivity contribution in [1.82, 2.24) is 5.32 Å². The first kappa shape index (κ1) is 20.6. The third-order valence-corrected chi connectivity index (χ3v) is 5.43. The molecule has 0 aliphatic carbocycles. The van der Waals surface area contributed by atoms with E-state index in [0.717, 1.165) is 11.1 Å². The summed E-state index contributed by atoms with van der Waals surface area (Å²) >= 11 is 0. The summed E-state index contributed by atoms with van der Waals surface area (Å²) in [6.07, 6.45) is 0. The maximum atomic E-state index is 13.0. The van der Waals surface area contributed by atoms with Crippen molar-refractivity contribution in [2.75, 3.05) is 6.54 Å². The van der Waals surface area contributed by atoms with Crippen molar-refractivity contribution < 1.29 is 10.1 Å². The Hall–Kier alpha value is -3.69. The molecule has 0 heterocycles. The van der Waals surface area contributed by atoms with E-state index in [9.17, 15) is 4.79 Å². The number of hydrogen-bond donors (Lipinski definition) is 2. The van der Waals surface area contributed by atoms with Crippen LogP contribution in [0.1, 0.15) is 34.3 Å². The lowest BCUT2D eigenvalue weighted by Crippen LogP contribution is -2.87. The van der Waals surface area contributed by atoms with Gasteiger partial charge in [0.1, 0.15) is 6.04 Å². The van der Waals surface area contributed by atoms with Crippen molar-refractivity contribution in [1.29, 1.82) is 0 Å². The Morgan fingerprint density at radius 3 is 1.32 bits per heavy atom. The molecular formula is C28H27N2O+. The lowest BCUT2D eigenvalue weighted by atomic mass is 9.98. The molecule has 154 valence electrons. The van der Waals surface area contributed by atoms with Crippen molar-refractivity contribution in [2.45, 2.75) is 12.1 Å². The van der Waals surface area contributed by atoms with Gasteiger partial charge in [0, 0.05) is 11.1 Å². The van der Waals surface area contributed by atoms with E-state index in [4.69, 9.17) is 0 Å². The third-order valence-electron chi connectivity index (χ3n) is 5.43. The van der Waals surface area contributed by atoms with Crippen LogP contribution in [-0.2, 0) is 4.79 Å². The molecule has 3 heteroatoms. The molecule has 0 radical (unpaired) electrons. The molecule has 0 aliphatic rings. The van der Waals surface area contributed by atoms with E-state index < -0.39 is 0 Å². The molecule has 4 aromatic rings. The standard InChI is InChI=1S/C28H26N2O/c31-26(30-28(24-17-9-3-10-18-24)25-19-11-4-12-20-25)21-29-27(22-13-5-1-6-14-22)23-15-7-2-8-16-23/h1-20,27-29H,21H2,(H,30,31)/p+1. The van der Waals surface area contributed by atoms with Crippen molar-refractivity contribution in [2.24, 2.45) is 0 Å². The van der Waals surface area contributed by atoms with Crippen LogP contribution >= 0.6 is 0 Å². The minimum Gasteiger partial charge on any atom is -0.340 e. The normalized spacial score (nSPS) is 10.9. The predicted octanol–water partition coefficient (Wildman–Crippen LogP) is 4.25. The number of carbonyl (C=O) groups excluding carboxylic acids is 1. The molecule has 3 N–H and O–H groups in total. The Bertz CT molecular complexity index is 988. The van der Waals surface area contributed by atoms with Crippen LogP contribution in [-0.4, -0.2) is 12.5 Å². The minimum absolute atomic E-state index is 0.00886. The molecule has 0 atom stereocenters. The number of rotatable bonds is 8. The highest BCUT2D eigenvalue weighted by atomic mass is 16.2. The molecule has 0 bridgehead atoms. The minimum atomic E-state index is -0.171. The van der Waals surface area contributed by atoms with Crippen LogP contribution in [0.15, 0.2) is 121 Å². The molecule has 31 heavy (non-hydrogen) atoms. The van der Waals surface area contributed by atoms with E-state index in [0.29, 0.717) is 6.54 Å². The predicted molar refractivity (Wildman–Crippen MR) is 124 cm³/mol. The second-order valence-electron chi connectivity index (χ2n) is 7.56. The average Bonchev–Trinajstić information content (AvgIpc) is 2.85. The average molecular weight is 408 g/mol. The number of quaternary nitrogens is 1. The van der Waals surface area contributed by atoms with Crippen LogP contribution in [0.5, 0.6) is 0 Å². The van der Waals surface area contributed by atoms with E-state index in [2.05, 4.69) is 59.2 Å². The maximum Gasteiger partial charge on any atom is 0.275 e. The van der Waals surface area contributed by atoms with Crippen molar-refractivity contribution in [3.63, 3.8) is 0 Å². The second kappa shape index (κ2) is 10.4. The zero-order chi connectivity index (χ0) is 21.3. The van der Waals surface area contributed by atoms with Gasteiger partial charge in [0.15, 0.2) is 6.54 Å². The topological polar surface area (TPSA) is 45.7 Å². The van der Waals surface area contributed by atoms with E-state index in [-0.39, 0.29) is 18.0 Å². The van der Waals surface area contributed by atoms with Crippen molar-refractivity contribution >= 4 is 5.91 Å². The first-order chi connectivity index (χ1) is 15.3. The van der Waals surface area contributed by atoms with Gasteiger partial charge >= 0.3 is 0 Å². The van der Waals surface area contributed by atoms with Gasteiger partial charge in [-0.1, -0.05) is 121 Å². The Kier molecular flexibility index (Phi) is 6.89. The summed E-state index contributed by atoms with van der Waals surface area (Å²) < 4.78 is 0. The fraction of sp³-hybridized carbons (Fsp3) is 0.107. The van der Waals surface area contributed by atoms with Crippen LogP contribution < -0.4 is 10.6 Å². The maximum absolute atomic E-state index is 13.0. The molecule has 1 amide bonds. The molecule has 0 aliphatic heterocycles. The zero-order valence-corrected chi connectivity index (χ0v) is 17.4. The van der Waals surface area contributed by atoms with Crippen LogP contribution in [0.2, 0.25) is 0 Å². The molecule has 0 saturated carbocycles. The van der Waals surface area contributed by atoms with Gasteiger partial charge in [0.05, 0.1) is 6.04 Å². The summed E-state index contributed by atoms with van der Waals surface area (Å²) in [5, 5.41) is 5.34. The highest BCUT2D eigenvalue weighted by molar-refractivity contribution is 5.77. The van der Waals surface area contributed by atoms with Gasteiger partial charge in [0.25, 0.3) is 5.91 Å². The highest BCUT2D eigenvalue weighted by Crippen LogP contribution is 2.22. The lowest BCUT2D eigenvalue weighted by molar-refractivity contribution is -0.676.